The molecule has 2 fully saturated rings. The van der Waals surface area contributed by atoms with Crippen LogP contribution < -0.4 is 5.32 Å². The third-order valence-corrected chi connectivity index (χ3v) is 6.38. The number of benzene rings is 1. The van der Waals surface area contributed by atoms with Gasteiger partial charge < -0.3 is 10.2 Å². The molecule has 0 unspecified atom stereocenters. The van der Waals surface area contributed by atoms with Crippen LogP contribution in [0.3, 0.4) is 0 Å². The lowest BCUT2D eigenvalue weighted by atomic mass is 9.83. The van der Waals surface area contributed by atoms with Crippen LogP contribution in [0.5, 0.6) is 0 Å². The average molecular weight is 395 g/mol. The quantitative estimate of drug-likeness (QED) is 0.785. The summed E-state index contributed by atoms with van der Waals surface area (Å²) < 4.78 is 0. The molecule has 0 bridgehead atoms. The topological polar surface area (TPSA) is 78.1 Å². The molecule has 2 atom stereocenters. The molecular formula is C23H30N4O2. The summed E-state index contributed by atoms with van der Waals surface area (Å²) in [6, 6.07) is 10.4. The van der Waals surface area contributed by atoms with Crippen LogP contribution in [-0.2, 0) is 22.4 Å². The Bertz CT molecular complexity index is 875. The van der Waals surface area contributed by atoms with Gasteiger partial charge in [0.05, 0.1) is 5.92 Å². The van der Waals surface area contributed by atoms with Crippen LogP contribution in [0.25, 0.3) is 0 Å². The molecule has 1 aliphatic carbocycles. The maximum Gasteiger partial charge on any atom is 0.230 e. The van der Waals surface area contributed by atoms with Crippen LogP contribution >= 0.6 is 0 Å². The fourth-order valence-corrected chi connectivity index (χ4v) is 4.74. The van der Waals surface area contributed by atoms with Gasteiger partial charge in [-0.2, -0.15) is 5.10 Å². The highest BCUT2D eigenvalue weighted by molar-refractivity contribution is 5.92. The van der Waals surface area contributed by atoms with E-state index in [-0.39, 0.29) is 23.8 Å². The largest absolute Gasteiger partial charge is 0.339 e. The molecule has 2 heterocycles. The summed E-state index contributed by atoms with van der Waals surface area (Å²) in [6.45, 7) is 2.92. The second-order valence-electron chi connectivity index (χ2n) is 8.34. The first-order valence-corrected chi connectivity index (χ1v) is 10.8. The first kappa shape index (κ1) is 19.7. The number of hydrogen-bond donors (Lipinski definition) is 2. The van der Waals surface area contributed by atoms with E-state index in [1.54, 1.807) is 0 Å². The number of H-pyrrole nitrogens is 1. The van der Waals surface area contributed by atoms with Gasteiger partial charge in [0.15, 0.2) is 5.82 Å². The monoisotopic (exact) mass is 394 g/mol. The molecule has 154 valence electrons. The normalized spacial score (nSPS) is 22.1. The van der Waals surface area contributed by atoms with E-state index in [1.165, 1.54) is 11.1 Å². The summed E-state index contributed by atoms with van der Waals surface area (Å²) in [5, 5.41) is 10.3. The standard InChI is InChI=1S/C23H30N4O2/c1-16-7-2-3-8-17(16)12-13-18-15-21(26-25-18)24-23(29)19-9-4-5-10-20(19)27-14-6-11-22(27)28/h2-3,7-8,15,19-20H,4-6,9-14H2,1H3,(H2,24,25,26,29)/t19-,20+/m1/s1. The average Bonchev–Trinajstić information content (AvgIpc) is 3.36. The Morgan fingerprint density at radius 3 is 2.83 bits per heavy atom. The Morgan fingerprint density at radius 1 is 1.21 bits per heavy atom. The maximum absolute atomic E-state index is 13.0. The Hall–Kier alpha value is -2.63. The van der Waals surface area contributed by atoms with E-state index in [1.807, 2.05) is 11.0 Å². The van der Waals surface area contributed by atoms with Crippen molar-refractivity contribution in [3.8, 4) is 0 Å². The summed E-state index contributed by atoms with van der Waals surface area (Å²) in [5.41, 5.74) is 3.63. The van der Waals surface area contributed by atoms with E-state index in [0.29, 0.717) is 12.2 Å². The molecule has 0 radical (unpaired) electrons. The van der Waals surface area contributed by atoms with Crippen LogP contribution in [0.15, 0.2) is 30.3 Å². The summed E-state index contributed by atoms with van der Waals surface area (Å²) in [5.74, 6) is 0.629. The zero-order chi connectivity index (χ0) is 20.2. The summed E-state index contributed by atoms with van der Waals surface area (Å²) in [6.07, 6.45) is 7.20. The van der Waals surface area contributed by atoms with E-state index in [0.717, 1.165) is 57.2 Å². The Balaban J connectivity index is 1.36. The predicted octanol–water partition coefficient (Wildman–Crippen LogP) is 3.62. The maximum atomic E-state index is 13.0. The third-order valence-electron chi connectivity index (χ3n) is 6.38. The molecular weight excluding hydrogens is 364 g/mol. The second kappa shape index (κ2) is 8.80. The van der Waals surface area contributed by atoms with Gasteiger partial charge in [0.1, 0.15) is 0 Å². The van der Waals surface area contributed by atoms with Crippen molar-refractivity contribution in [3.63, 3.8) is 0 Å². The van der Waals surface area contributed by atoms with Crippen LogP contribution in [0, 0.1) is 12.8 Å². The van der Waals surface area contributed by atoms with Gasteiger partial charge in [0.2, 0.25) is 11.8 Å². The van der Waals surface area contributed by atoms with Gasteiger partial charge in [-0.3, -0.25) is 14.7 Å². The SMILES string of the molecule is Cc1ccccc1CCc1cc(NC(=O)[C@@H]2CCCC[C@@H]2N2CCCC2=O)n[nH]1. The summed E-state index contributed by atoms with van der Waals surface area (Å²) in [4.78, 5) is 27.1. The van der Waals surface area contributed by atoms with Crippen molar-refractivity contribution in [2.45, 2.75) is 64.3 Å². The molecule has 1 aliphatic heterocycles. The van der Waals surface area contributed by atoms with Gasteiger partial charge in [-0.25, -0.2) is 0 Å². The van der Waals surface area contributed by atoms with Gasteiger partial charge in [-0.15, -0.1) is 0 Å². The molecule has 1 saturated carbocycles. The highest BCUT2D eigenvalue weighted by Gasteiger charge is 2.38. The van der Waals surface area contributed by atoms with Gasteiger partial charge in [-0.05, 0) is 50.2 Å². The molecule has 0 spiro atoms. The highest BCUT2D eigenvalue weighted by Crippen LogP contribution is 2.32. The van der Waals surface area contributed by atoms with Gasteiger partial charge in [0, 0.05) is 30.8 Å². The number of aromatic nitrogens is 2. The lowest BCUT2D eigenvalue weighted by Gasteiger charge is -2.36. The predicted molar refractivity (Wildman–Crippen MR) is 112 cm³/mol. The van der Waals surface area contributed by atoms with Crippen LogP contribution in [0.4, 0.5) is 5.82 Å². The van der Waals surface area contributed by atoms with Crippen molar-refractivity contribution < 1.29 is 9.59 Å². The number of amides is 2. The Kier molecular flexibility index (Phi) is 5.97. The first-order valence-electron chi connectivity index (χ1n) is 10.8. The highest BCUT2D eigenvalue weighted by atomic mass is 16.2. The number of carbonyl (C=O) groups is 2. The molecule has 29 heavy (non-hydrogen) atoms. The van der Waals surface area contributed by atoms with Crippen molar-refractivity contribution in [1.29, 1.82) is 0 Å². The summed E-state index contributed by atoms with van der Waals surface area (Å²) >= 11 is 0. The number of likely N-dealkylation sites (tertiary alicyclic amines) is 1. The Morgan fingerprint density at radius 2 is 2.03 bits per heavy atom. The van der Waals surface area contributed by atoms with Gasteiger partial charge >= 0.3 is 0 Å². The fourth-order valence-electron chi connectivity index (χ4n) is 4.74. The second-order valence-corrected chi connectivity index (χ2v) is 8.34. The zero-order valence-corrected chi connectivity index (χ0v) is 17.1. The number of hydrogen-bond acceptors (Lipinski definition) is 3. The fraction of sp³-hybridized carbons (Fsp3) is 0.522. The van der Waals surface area contributed by atoms with Gasteiger partial charge in [-0.1, -0.05) is 37.1 Å². The minimum Gasteiger partial charge on any atom is -0.339 e. The number of rotatable bonds is 6. The third kappa shape index (κ3) is 4.52. The minimum absolute atomic E-state index is 0.00801. The van der Waals surface area contributed by atoms with Crippen molar-refractivity contribution in [2.24, 2.45) is 5.92 Å². The molecule has 6 heteroatoms. The van der Waals surface area contributed by atoms with E-state index >= 15 is 0 Å². The van der Waals surface area contributed by atoms with Gasteiger partial charge in [0.25, 0.3) is 0 Å². The molecule has 2 amide bonds. The van der Waals surface area contributed by atoms with Crippen molar-refractivity contribution in [3.05, 3.63) is 47.2 Å². The number of nitrogens with one attached hydrogen (secondary N) is 2. The van der Waals surface area contributed by atoms with E-state index < -0.39 is 0 Å². The molecule has 2 aromatic rings. The molecule has 2 N–H and O–H groups in total. The van der Waals surface area contributed by atoms with Crippen molar-refractivity contribution >= 4 is 17.6 Å². The van der Waals surface area contributed by atoms with Crippen LogP contribution in [-0.4, -0.2) is 39.5 Å². The number of nitrogens with zero attached hydrogens (tertiary/aromatic N) is 2. The molecule has 4 rings (SSSR count). The lowest BCUT2D eigenvalue weighted by molar-refractivity contribution is -0.133. The van der Waals surface area contributed by atoms with E-state index in [9.17, 15) is 9.59 Å². The first-order chi connectivity index (χ1) is 14.1. The smallest absolute Gasteiger partial charge is 0.230 e. The number of carbonyl (C=O) groups excluding carboxylic acids is 2. The molecule has 1 aromatic heterocycles. The number of aryl methyl sites for hydroxylation is 3. The molecule has 1 saturated heterocycles. The van der Waals surface area contributed by atoms with Crippen LogP contribution in [0.2, 0.25) is 0 Å². The van der Waals surface area contributed by atoms with E-state index in [4.69, 9.17) is 0 Å². The molecule has 6 nitrogen and oxygen atoms in total. The van der Waals surface area contributed by atoms with Crippen molar-refractivity contribution in [2.75, 3.05) is 11.9 Å². The van der Waals surface area contributed by atoms with Crippen LogP contribution in [0.1, 0.15) is 55.3 Å². The minimum atomic E-state index is -0.141. The Labute approximate surface area is 172 Å². The summed E-state index contributed by atoms with van der Waals surface area (Å²) in [7, 11) is 0. The van der Waals surface area contributed by atoms with E-state index in [2.05, 4.69) is 46.7 Å². The number of anilines is 1. The zero-order valence-electron chi connectivity index (χ0n) is 17.1. The van der Waals surface area contributed by atoms with Crippen molar-refractivity contribution in [1.82, 2.24) is 15.1 Å². The number of aromatic amines is 1. The lowest BCUT2D eigenvalue weighted by Crippen LogP contribution is -2.47. The molecule has 2 aliphatic rings. The molecule has 1 aromatic carbocycles.